The third-order valence-corrected chi connectivity index (χ3v) is 3.18. The van der Waals surface area contributed by atoms with Crippen LogP contribution in [0.1, 0.15) is 10.4 Å². The summed E-state index contributed by atoms with van der Waals surface area (Å²) in [4.78, 5) is 11.9. The Morgan fingerprint density at radius 1 is 1.26 bits per heavy atom. The van der Waals surface area contributed by atoms with Gasteiger partial charge in [-0.3, -0.25) is 4.79 Å². The van der Waals surface area contributed by atoms with E-state index in [1.54, 1.807) is 0 Å². The zero-order valence-electron chi connectivity index (χ0n) is 9.45. The first kappa shape index (κ1) is 13.8. The first-order valence-electron chi connectivity index (χ1n) is 5.22. The summed E-state index contributed by atoms with van der Waals surface area (Å²) in [6, 6.07) is 8.16. The highest BCUT2D eigenvalue weighted by Gasteiger charge is 2.13. The summed E-state index contributed by atoms with van der Waals surface area (Å²) in [7, 11) is 0. The van der Waals surface area contributed by atoms with Crippen molar-refractivity contribution in [3.05, 3.63) is 57.3 Å². The van der Waals surface area contributed by atoms with Crippen molar-refractivity contribution in [1.82, 2.24) is 0 Å². The Labute approximate surface area is 122 Å². The van der Waals surface area contributed by atoms with E-state index in [-0.39, 0.29) is 16.3 Å². The van der Waals surface area contributed by atoms with Gasteiger partial charge in [-0.05, 0) is 30.3 Å². The van der Waals surface area contributed by atoms with Gasteiger partial charge in [-0.2, -0.15) is 0 Å². The van der Waals surface area contributed by atoms with Crippen molar-refractivity contribution in [2.45, 2.75) is 0 Å². The monoisotopic (exact) mass is 343 g/mol. The quantitative estimate of drug-likeness (QED) is 0.802. The summed E-state index contributed by atoms with van der Waals surface area (Å²) in [6.45, 7) is 0. The summed E-state index contributed by atoms with van der Waals surface area (Å²) in [5.41, 5.74) is 0.197. The number of carbonyl (C=O) groups is 1. The number of phenols is 1. The number of phenolic OH excluding ortho intramolecular Hbond substituents is 1. The van der Waals surface area contributed by atoms with Crippen LogP contribution < -0.4 is 5.32 Å². The number of anilines is 1. The smallest absolute Gasteiger partial charge is 0.258 e. The van der Waals surface area contributed by atoms with E-state index < -0.39 is 11.7 Å². The van der Waals surface area contributed by atoms with Crippen LogP contribution in [0.25, 0.3) is 0 Å². The average molecular weight is 345 g/mol. The van der Waals surface area contributed by atoms with Crippen LogP contribution in [0.2, 0.25) is 5.02 Å². The lowest BCUT2D eigenvalue weighted by Crippen LogP contribution is -2.14. The maximum atomic E-state index is 13.5. The van der Waals surface area contributed by atoms with Crippen LogP contribution in [0.5, 0.6) is 5.75 Å². The van der Waals surface area contributed by atoms with Crippen molar-refractivity contribution >= 4 is 39.1 Å². The number of carbonyl (C=O) groups excluding carboxylic acids is 1. The molecule has 0 unspecified atom stereocenters. The Hall–Kier alpha value is -1.59. The molecule has 2 aromatic carbocycles. The van der Waals surface area contributed by atoms with Crippen LogP contribution in [-0.4, -0.2) is 11.0 Å². The second-order valence-corrected chi connectivity index (χ2v) is 5.07. The lowest BCUT2D eigenvalue weighted by molar-refractivity contribution is 0.102. The summed E-state index contributed by atoms with van der Waals surface area (Å²) in [5, 5.41) is 11.9. The Balaban J connectivity index is 2.28. The molecule has 2 rings (SSSR count). The van der Waals surface area contributed by atoms with E-state index >= 15 is 0 Å². The van der Waals surface area contributed by atoms with Crippen LogP contribution in [-0.2, 0) is 0 Å². The number of rotatable bonds is 2. The molecule has 0 aliphatic rings. The van der Waals surface area contributed by atoms with E-state index in [9.17, 15) is 14.3 Å². The third kappa shape index (κ3) is 3.24. The number of nitrogens with one attached hydrogen (secondary N) is 1. The Morgan fingerprint density at radius 3 is 2.68 bits per heavy atom. The number of hydrogen-bond acceptors (Lipinski definition) is 2. The highest BCUT2D eigenvalue weighted by atomic mass is 79.9. The van der Waals surface area contributed by atoms with Crippen LogP contribution in [0, 0.1) is 5.82 Å². The topological polar surface area (TPSA) is 49.3 Å². The molecule has 3 nitrogen and oxygen atoms in total. The molecule has 0 radical (unpaired) electrons. The maximum absolute atomic E-state index is 13.5. The highest BCUT2D eigenvalue weighted by Crippen LogP contribution is 2.27. The van der Waals surface area contributed by atoms with Crippen molar-refractivity contribution in [2.75, 3.05) is 5.32 Å². The minimum absolute atomic E-state index is 0.0170. The molecule has 6 heteroatoms. The lowest BCUT2D eigenvalue weighted by Gasteiger charge is -2.08. The molecular weight excluding hydrogens is 337 g/mol. The van der Waals surface area contributed by atoms with Gasteiger partial charge < -0.3 is 10.4 Å². The van der Waals surface area contributed by atoms with Gasteiger partial charge in [-0.1, -0.05) is 27.5 Å². The molecule has 0 aliphatic carbocycles. The molecule has 19 heavy (non-hydrogen) atoms. The van der Waals surface area contributed by atoms with Gasteiger partial charge in [-0.25, -0.2) is 4.39 Å². The van der Waals surface area contributed by atoms with Gasteiger partial charge >= 0.3 is 0 Å². The Kier molecular flexibility index (Phi) is 4.07. The van der Waals surface area contributed by atoms with Crippen molar-refractivity contribution in [3.8, 4) is 5.75 Å². The van der Waals surface area contributed by atoms with Gasteiger partial charge in [0.25, 0.3) is 5.91 Å². The number of amides is 1. The van der Waals surface area contributed by atoms with E-state index in [1.807, 2.05) is 0 Å². The molecule has 0 atom stereocenters. The Morgan fingerprint density at radius 2 is 2.00 bits per heavy atom. The predicted octanol–water partition coefficient (Wildman–Crippen LogP) is 4.20. The Bertz CT molecular complexity index is 649. The molecule has 0 aromatic heterocycles. The molecular formula is C13H8BrClFNO2. The van der Waals surface area contributed by atoms with Crippen molar-refractivity contribution in [1.29, 1.82) is 0 Å². The van der Waals surface area contributed by atoms with E-state index in [0.717, 1.165) is 0 Å². The zero-order chi connectivity index (χ0) is 14.0. The van der Waals surface area contributed by atoms with Crippen molar-refractivity contribution < 1.29 is 14.3 Å². The van der Waals surface area contributed by atoms with Gasteiger partial charge in [0.2, 0.25) is 0 Å². The fourth-order valence-corrected chi connectivity index (χ4v) is 2.05. The summed E-state index contributed by atoms with van der Waals surface area (Å²) in [6.07, 6.45) is 0. The van der Waals surface area contributed by atoms with Gasteiger partial charge in [-0.15, -0.1) is 0 Å². The van der Waals surface area contributed by atoms with Gasteiger partial charge in [0, 0.05) is 10.5 Å². The second-order valence-electron chi connectivity index (χ2n) is 3.74. The van der Waals surface area contributed by atoms with E-state index in [0.29, 0.717) is 10.2 Å². The van der Waals surface area contributed by atoms with Crippen LogP contribution in [0.15, 0.2) is 40.9 Å². The fourth-order valence-electron chi connectivity index (χ4n) is 1.47. The molecule has 2 N–H and O–H groups in total. The van der Waals surface area contributed by atoms with Crippen LogP contribution in [0.3, 0.4) is 0 Å². The second kappa shape index (κ2) is 5.59. The average Bonchev–Trinajstić information content (AvgIpc) is 2.35. The van der Waals surface area contributed by atoms with Gasteiger partial charge in [0.1, 0.15) is 11.6 Å². The van der Waals surface area contributed by atoms with Crippen molar-refractivity contribution in [2.24, 2.45) is 0 Å². The fraction of sp³-hybridized carbons (Fsp3) is 0. The number of aromatic hydroxyl groups is 1. The minimum atomic E-state index is -0.629. The SMILES string of the molecule is O=C(Nc1ccc(O)cc1Cl)c1cc(Br)ccc1F. The summed E-state index contributed by atoms with van der Waals surface area (Å²) < 4.78 is 14.1. The third-order valence-electron chi connectivity index (χ3n) is 2.37. The summed E-state index contributed by atoms with van der Waals surface area (Å²) >= 11 is 9.02. The van der Waals surface area contributed by atoms with E-state index in [4.69, 9.17) is 11.6 Å². The maximum Gasteiger partial charge on any atom is 0.258 e. The number of hydrogen-bond donors (Lipinski definition) is 2. The molecule has 0 spiro atoms. The van der Waals surface area contributed by atoms with Gasteiger partial charge in [0.05, 0.1) is 16.3 Å². The number of benzene rings is 2. The molecule has 0 bridgehead atoms. The highest BCUT2D eigenvalue weighted by molar-refractivity contribution is 9.10. The molecule has 1 amide bonds. The van der Waals surface area contributed by atoms with Crippen LogP contribution in [0.4, 0.5) is 10.1 Å². The molecule has 0 aliphatic heterocycles. The molecule has 2 aromatic rings. The normalized spacial score (nSPS) is 10.3. The first-order chi connectivity index (χ1) is 8.97. The minimum Gasteiger partial charge on any atom is -0.508 e. The predicted molar refractivity (Wildman–Crippen MR) is 75.2 cm³/mol. The largest absolute Gasteiger partial charge is 0.508 e. The lowest BCUT2D eigenvalue weighted by atomic mass is 10.2. The standard InChI is InChI=1S/C13H8BrClFNO2/c14-7-1-3-11(16)9(5-7)13(19)17-12-4-2-8(18)6-10(12)15/h1-6,18H,(H,17,19). The molecule has 0 fully saturated rings. The molecule has 0 saturated carbocycles. The zero-order valence-corrected chi connectivity index (χ0v) is 11.8. The van der Waals surface area contributed by atoms with Crippen LogP contribution >= 0.6 is 27.5 Å². The van der Waals surface area contributed by atoms with Gasteiger partial charge in [0.15, 0.2) is 0 Å². The first-order valence-corrected chi connectivity index (χ1v) is 6.39. The van der Waals surface area contributed by atoms with Crippen molar-refractivity contribution in [3.63, 3.8) is 0 Å². The van der Waals surface area contributed by atoms with E-state index in [1.165, 1.54) is 36.4 Å². The number of halogens is 3. The molecule has 0 saturated heterocycles. The summed E-state index contributed by atoms with van der Waals surface area (Å²) in [5.74, 6) is -1.27. The molecule has 0 heterocycles. The molecule has 98 valence electrons. The van der Waals surface area contributed by atoms with E-state index in [2.05, 4.69) is 21.2 Å².